The zero-order valence-electron chi connectivity index (χ0n) is 21.8. The number of amides is 2. The van der Waals surface area contributed by atoms with Crippen LogP contribution in [0.2, 0.25) is 0 Å². The lowest BCUT2D eigenvalue weighted by Gasteiger charge is -2.61. The van der Waals surface area contributed by atoms with Gasteiger partial charge in [-0.1, -0.05) is 20.8 Å². The van der Waals surface area contributed by atoms with Crippen molar-refractivity contribution < 1.29 is 24.2 Å². The van der Waals surface area contributed by atoms with Crippen molar-refractivity contribution in [1.82, 2.24) is 10.2 Å². The Morgan fingerprint density at radius 3 is 2.54 bits per heavy atom. The minimum absolute atomic E-state index is 0.0210. The summed E-state index contributed by atoms with van der Waals surface area (Å²) in [4.78, 5) is 41.9. The second-order valence-electron chi connectivity index (χ2n) is 12.7. The van der Waals surface area contributed by atoms with Gasteiger partial charge in [0.15, 0.2) is 0 Å². The van der Waals surface area contributed by atoms with Gasteiger partial charge >= 0.3 is 6.09 Å². The van der Waals surface area contributed by atoms with Gasteiger partial charge in [0.05, 0.1) is 12.0 Å². The Morgan fingerprint density at radius 2 is 1.91 bits per heavy atom. The molecule has 8 heteroatoms. The van der Waals surface area contributed by atoms with Crippen molar-refractivity contribution in [3.05, 3.63) is 0 Å². The Hall–Kier alpha value is -1.12. The van der Waals surface area contributed by atoms with Crippen molar-refractivity contribution >= 4 is 29.5 Å². The van der Waals surface area contributed by atoms with Crippen molar-refractivity contribution in [2.45, 2.75) is 83.2 Å². The SMILES string of the molecule is CS[C@]1(C)C[C@@H](OC(=O)NC(=O)[C@H]2CN3CCC2C3)[C@@]2(C)C3C(=O)CCC3(CC[C@H]2C)[C@@H](C)[C@@H]1O. The van der Waals surface area contributed by atoms with E-state index in [2.05, 4.69) is 37.9 Å². The number of ketones is 1. The van der Waals surface area contributed by atoms with Crippen molar-refractivity contribution in [2.75, 3.05) is 25.9 Å². The number of imide groups is 1. The number of alkyl carbamates (subject to hydrolysis) is 1. The standard InChI is InChI=1S/C27H42N2O5S/c1-15-6-9-27-10-7-19(30)21(27)26(15,4)20(12-25(3,35-5)22(31)16(27)2)34-24(33)28-23(32)18-14-29-11-8-17(18)13-29/h15-18,20-22,31H,6-14H2,1-5H3,(H,28,32,33)/t15-,16+,17?,18+,20-,21?,22+,25-,26+,27?/m1/s1. The number of hydrogen-bond acceptors (Lipinski definition) is 7. The highest BCUT2D eigenvalue weighted by Gasteiger charge is 2.68. The highest BCUT2D eigenvalue weighted by atomic mass is 32.2. The van der Waals surface area contributed by atoms with Crippen LogP contribution in [0.4, 0.5) is 4.79 Å². The molecule has 5 rings (SSSR count). The molecule has 35 heavy (non-hydrogen) atoms. The second-order valence-corrected chi connectivity index (χ2v) is 14.0. The average Bonchev–Trinajstić information content (AvgIpc) is 3.55. The Morgan fingerprint density at radius 1 is 1.17 bits per heavy atom. The van der Waals surface area contributed by atoms with Crippen LogP contribution >= 0.6 is 11.8 Å². The third-order valence-electron chi connectivity index (χ3n) is 11.4. The van der Waals surface area contributed by atoms with Gasteiger partial charge in [0, 0.05) is 42.0 Å². The lowest BCUT2D eigenvalue weighted by Crippen LogP contribution is -2.64. The molecule has 4 unspecified atom stereocenters. The third kappa shape index (κ3) is 3.71. The first kappa shape index (κ1) is 25.5. The van der Waals surface area contributed by atoms with E-state index in [4.69, 9.17) is 4.74 Å². The first-order valence-electron chi connectivity index (χ1n) is 13.5. The summed E-state index contributed by atoms with van der Waals surface area (Å²) < 4.78 is 5.64. The number of aliphatic hydroxyl groups excluding tert-OH is 1. The molecule has 11 atom stereocenters. The van der Waals surface area contributed by atoms with Crippen LogP contribution < -0.4 is 5.32 Å². The van der Waals surface area contributed by atoms with E-state index in [1.807, 2.05) is 6.26 Å². The van der Waals surface area contributed by atoms with Gasteiger partial charge in [-0.15, -0.1) is 0 Å². The average molecular weight is 507 g/mol. The number of nitrogens with one attached hydrogen (secondary N) is 1. The maximum absolute atomic E-state index is 13.5. The van der Waals surface area contributed by atoms with Gasteiger partial charge in [0.2, 0.25) is 5.91 Å². The topological polar surface area (TPSA) is 95.9 Å². The monoisotopic (exact) mass is 506 g/mol. The van der Waals surface area contributed by atoms with Gasteiger partial charge < -0.3 is 14.7 Å². The Kier molecular flexibility index (Phi) is 6.36. The fourth-order valence-corrected chi connectivity index (χ4v) is 9.62. The largest absolute Gasteiger partial charge is 0.445 e. The van der Waals surface area contributed by atoms with E-state index in [-0.39, 0.29) is 40.8 Å². The predicted octanol–water partition coefficient (Wildman–Crippen LogP) is 3.48. The lowest BCUT2D eigenvalue weighted by molar-refractivity contribution is -0.179. The van der Waals surface area contributed by atoms with Gasteiger partial charge in [-0.05, 0) is 68.6 Å². The number of aliphatic hydroxyl groups is 1. The summed E-state index contributed by atoms with van der Waals surface area (Å²) in [6.45, 7) is 11.2. The zero-order valence-corrected chi connectivity index (χ0v) is 22.7. The van der Waals surface area contributed by atoms with E-state index < -0.39 is 28.5 Å². The van der Waals surface area contributed by atoms with E-state index in [0.29, 0.717) is 25.3 Å². The zero-order chi connectivity index (χ0) is 25.3. The van der Waals surface area contributed by atoms with Crippen LogP contribution in [-0.2, 0) is 14.3 Å². The van der Waals surface area contributed by atoms with Crippen LogP contribution in [0.15, 0.2) is 0 Å². The number of hydrogen-bond donors (Lipinski definition) is 2. The van der Waals surface area contributed by atoms with Crippen LogP contribution in [0.25, 0.3) is 0 Å². The number of nitrogens with zero attached hydrogens (tertiary/aromatic N) is 1. The summed E-state index contributed by atoms with van der Waals surface area (Å²) in [6, 6.07) is 0. The maximum Gasteiger partial charge on any atom is 0.414 e. The van der Waals surface area contributed by atoms with E-state index in [0.717, 1.165) is 38.8 Å². The number of ether oxygens (including phenoxy) is 1. The second kappa shape index (κ2) is 8.73. The number of fused-ring (bicyclic) bond motifs is 2. The van der Waals surface area contributed by atoms with Crippen LogP contribution in [0.1, 0.15) is 66.2 Å². The van der Waals surface area contributed by atoms with Crippen molar-refractivity contribution in [3.8, 4) is 0 Å². The van der Waals surface area contributed by atoms with Crippen LogP contribution in [-0.4, -0.2) is 70.6 Å². The number of piperidine rings is 1. The molecule has 0 aromatic carbocycles. The molecule has 7 nitrogen and oxygen atoms in total. The van der Waals surface area contributed by atoms with Crippen molar-refractivity contribution in [1.29, 1.82) is 0 Å². The Bertz CT molecular complexity index is 914. The molecule has 3 aliphatic carbocycles. The number of rotatable bonds is 3. The molecule has 0 aromatic heterocycles. The predicted molar refractivity (Wildman–Crippen MR) is 135 cm³/mol. The molecule has 3 saturated carbocycles. The van der Waals surface area contributed by atoms with Gasteiger partial charge in [0.25, 0.3) is 0 Å². The molecular weight excluding hydrogens is 464 g/mol. The lowest BCUT2D eigenvalue weighted by atomic mass is 9.45. The van der Waals surface area contributed by atoms with Gasteiger partial charge in [-0.25, -0.2) is 4.79 Å². The minimum Gasteiger partial charge on any atom is -0.445 e. The summed E-state index contributed by atoms with van der Waals surface area (Å²) in [6.07, 6.45) is 4.71. The number of carbonyl (C=O) groups excluding carboxylic acids is 3. The molecule has 2 amide bonds. The molecular formula is C27H42N2O5S. The van der Waals surface area contributed by atoms with Crippen molar-refractivity contribution in [3.63, 3.8) is 0 Å². The molecule has 0 radical (unpaired) electrons. The molecule has 196 valence electrons. The molecule has 2 aliphatic heterocycles. The number of carbonyl (C=O) groups is 3. The van der Waals surface area contributed by atoms with Crippen LogP contribution in [0.5, 0.6) is 0 Å². The smallest absolute Gasteiger partial charge is 0.414 e. The van der Waals surface area contributed by atoms with Gasteiger partial charge in [-0.2, -0.15) is 11.8 Å². The van der Waals surface area contributed by atoms with Crippen LogP contribution in [0, 0.1) is 40.4 Å². The fraction of sp³-hybridized carbons (Fsp3) is 0.889. The normalized spacial score (nSPS) is 50.9. The van der Waals surface area contributed by atoms with E-state index >= 15 is 0 Å². The summed E-state index contributed by atoms with van der Waals surface area (Å²) in [7, 11) is 0. The molecule has 5 fully saturated rings. The first-order chi connectivity index (χ1) is 16.5. The van der Waals surface area contributed by atoms with Gasteiger partial charge in [0.1, 0.15) is 11.9 Å². The molecule has 5 aliphatic rings. The van der Waals surface area contributed by atoms with E-state index in [1.165, 1.54) is 0 Å². The summed E-state index contributed by atoms with van der Waals surface area (Å²) in [5.41, 5.74) is -0.823. The third-order valence-corrected chi connectivity index (χ3v) is 12.7. The molecule has 0 spiro atoms. The van der Waals surface area contributed by atoms with E-state index in [1.54, 1.807) is 11.8 Å². The summed E-state index contributed by atoms with van der Waals surface area (Å²) in [5.74, 6) is 0.0563. The number of Topliss-reactive ketones (excluding diaryl/α,β-unsaturated/α-hetero) is 1. The molecule has 2 saturated heterocycles. The quantitative estimate of drug-likeness (QED) is 0.605. The van der Waals surface area contributed by atoms with Gasteiger partial charge in [-0.3, -0.25) is 14.9 Å². The minimum atomic E-state index is -0.709. The van der Waals surface area contributed by atoms with E-state index in [9.17, 15) is 19.5 Å². The molecule has 2 heterocycles. The fourth-order valence-electron chi connectivity index (χ4n) is 8.86. The summed E-state index contributed by atoms with van der Waals surface area (Å²) in [5, 5.41) is 14.2. The molecule has 2 N–H and O–H groups in total. The van der Waals surface area contributed by atoms with Crippen LogP contribution in [0.3, 0.4) is 0 Å². The first-order valence-corrected chi connectivity index (χ1v) is 14.7. The number of thioether (sulfide) groups is 1. The highest BCUT2D eigenvalue weighted by molar-refractivity contribution is 8.00. The maximum atomic E-state index is 13.5. The summed E-state index contributed by atoms with van der Waals surface area (Å²) >= 11 is 1.61. The Labute approximate surface area is 213 Å². The molecule has 4 bridgehead atoms. The molecule has 0 aromatic rings. The highest BCUT2D eigenvalue weighted by Crippen LogP contribution is 2.67. The van der Waals surface area contributed by atoms with Crippen molar-refractivity contribution in [2.24, 2.45) is 40.4 Å². The Balaban J connectivity index is 1.45.